The molecule has 1 heterocycles. The summed E-state index contributed by atoms with van der Waals surface area (Å²) in [5, 5.41) is 20.0. The second kappa shape index (κ2) is 10.5. The Balaban J connectivity index is 2.02. The maximum Gasteiger partial charge on any atom is 0.220 e. The molecule has 0 bridgehead atoms. The summed E-state index contributed by atoms with van der Waals surface area (Å²) in [6, 6.07) is 11.4. The Kier molecular flexibility index (Phi) is 7.77. The fourth-order valence-corrected chi connectivity index (χ4v) is 4.86. The number of thioether (sulfide) groups is 1. The van der Waals surface area contributed by atoms with Crippen LogP contribution in [0.4, 0.5) is 0 Å². The average Bonchev–Trinajstić information content (AvgIpc) is 3.11. The number of halogens is 1. The van der Waals surface area contributed by atoms with E-state index < -0.39 is 5.25 Å². The number of terminal acetylenes is 1. The van der Waals surface area contributed by atoms with E-state index in [9.17, 15) is 10.1 Å². The van der Waals surface area contributed by atoms with Crippen molar-refractivity contribution in [3.63, 3.8) is 0 Å². The molecule has 1 aromatic heterocycles. The molecule has 10 heteroatoms. The molecule has 0 aliphatic rings. The number of ether oxygens (including phenoxy) is 2. The third-order valence-electron chi connectivity index (χ3n) is 4.54. The number of methoxy groups -OCH3 is 1. The molecule has 3 aromatic rings. The van der Waals surface area contributed by atoms with Crippen LogP contribution in [0.5, 0.6) is 11.5 Å². The molecule has 0 N–H and O–H groups in total. The average molecular weight is 517 g/mol. The Morgan fingerprint density at radius 2 is 2.09 bits per heavy atom. The zero-order valence-electron chi connectivity index (χ0n) is 17.7. The standard InChI is InChI=1S/C22H21BrN4O4S/c1-5-9-31-21-18(23)11-16(12-19(21)30-4)20(13-26(28)29)32-22-25-24-15(3)27(22)17-8-6-7-14(2)10-17/h1,6-8,10-12,20H,9,13H2,2-4H3/t20-/m0/s1. The fraction of sp³-hybridized carbons (Fsp3) is 0.273. The molecule has 0 spiro atoms. The van der Waals surface area contributed by atoms with Gasteiger partial charge in [0.1, 0.15) is 17.7 Å². The number of hydrogen-bond donors (Lipinski definition) is 0. The van der Waals surface area contributed by atoms with Crippen molar-refractivity contribution in [2.45, 2.75) is 24.3 Å². The van der Waals surface area contributed by atoms with E-state index in [4.69, 9.17) is 15.9 Å². The monoisotopic (exact) mass is 516 g/mol. The first-order valence-corrected chi connectivity index (χ1v) is 11.2. The maximum atomic E-state index is 11.5. The van der Waals surface area contributed by atoms with Gasteiger partial charge in [-0.15, -0.1) is 16.6 Å². The van der Waals surface area contributed by atoms with Crippen LogP contribution in [0.2, 0.25) is 0 Å². The minimum absolute atomic E-state index is 0.0697. The molecule has 0 amide bonds. The molecule has 1 atom stereocenters. The first-order chi connectivity index (χ1) is 15.3. The van der Waals surface area contributed by atoms with E-state index in [1.54, 1.807) is 12.1 Å². The number of nitrogens with zero attached hydrogens (tertiary/aromatic N) is 4. The predicted molar refractivity (Wildman–Crippen MR) is 126 cm³/mol. The molecule has 0 aliphatic carbocycles. The van der Waals surface area contributed by atoms with Crippen molar-refractivity contribution >= 4 is 27.7 Å². The van der Waals surface area contributed by atoms with Crippen molar-refractivity contribution in [1.29, 1.82) is 0 Å². The summed E-state index contributed by atoms with van der Waals surface area (Å²) in [7, 11) is 1.50. The summed E-state index contributed by atoms with van der Waals surface area (Å²) in [4.78, 5) is 11.1. The highest BCUT2D eigenvalue weighted by atomic mass is 79.9. The van der Waals surface area contributed by atoms with Gasteiger partial charge in [-0.05, 0) is 65.2 Å². The van der Waals surface area contributed by atoms with Gasteiger partial charge in [0, 0.05) is 10.6 Å². The lowest BCUT2D eigenvalue weighted by atomic mass is 10.1. The van der Waals surface area contributed by atoms with E-state index in [1.807, 2.05) is 42.7 Å². The third kappa shape index (κ3) is 5.41. The second-order valence-electron chi connectivity index (χ2n) is 6.85. The largest absolute Gasteiger partial charge is 0.493 e. The van der Waals surface area contributed by atoms with Gasteiger partial charge < -0.3 is 9.47 Å². The van der Waals surface area contributed by atoms with Crippen LogP contribution in [-0.4, -0.2) is 39.9 Å². The molecular formula is C22H21BrN4O4S. The van der Waals surface area contributed by atoms with Gasteiger partial charge in [0.15, 0.2) is 16.7 Å². The van der Waals surface area contributed by atoms with E-state index in [0.29, 0.717) is 32.5 Å². The minimum atomic E-state index is -0.552. The van der Waals surface area contributed by atoms with Gasteiger partial charge >= 0.3 is 0 Å². The highest BCUT2D eigenvalue weighted by Crippen LogP contribution is 2.43. The summed E-state index contributed by atoms with van der Waals surface area (Å²) >= 11 is 4.73. The normalized spacial score (nSPS) is 11.6. The Morgan fingerprint density at radius 3 is 2.75 bits per heavy atom. The molecule has 0 fully saturated rings. The number of nitro groups is 1. The van der Waals surface area contributed by atoms with E-state index in [-0.39, 0.29) is 18.1 Å². The Morgan fingerprint density at radius 1 is 1.31 bits per heavy atom. The maximum absolute atomic E-state index is 11.5. The van der Waals surface area contributed by atoms with Crippen LogP contribution in [0.3, 0.4) is 0 Å². The molecule has 2 aromatic carbocycles. The Hall–Kier alpha value is -3.03. The van der Waals surface area contributed by atoms with E-state index >= 15 is 0 Å². The van der Waals surface area contributed by atoms with Crippen molar-refractivity contribution in [2.75, 3.05) is 20.3 Å². The van der Waals surface area contributed by atoms with Gasteiger partial charge in [-0.1, -0.05) is 29.8 Å². The van der Waals surface area contributed by atoms with Crippen molar-refractivity contribution in [1.82, 2.24) is 14.8 Å². The smallest absolute Gasteiger partial charge is 0.220 e. The van der Waals surface area contributed by atoms with Crippen LogP contribution in [0.1, 0.15) is 22.2 Å². The van der Waals surface area contributed by atoms with Crippen LogP contribution in [0.15, 0.2) is 46.0 Å². The Labute approximate surface area is 198 Å². The molecule has 0 unspecified atom stereocenters. The number of aryl methyl sites for hydroxylation is 2. The quantitative estimate of drug-likeness (QED) is 0.175. The number of hydrogen-bond acceptors (Lipinski definition) is 7. The highest BCUT2D eigenvalue weighted by molar-refractivity contribution is 9.10. The zero-order valence-corrected chi connectivity index (χ0v) is 20.1. The number of rotatable bonds is 9. The lowest BCUT2D eigenvalue weighted by molar-refractivity contribution is -0.479. The van der Waals surface area contributed by atoms with Crippen molar-refractivity contribution in [3.8, 4) is 29.5 Å². The number of aromatic nitrogens is 3. The summed E-state index contributed by atoms with van der Waals surface area (Å²) in [6.07, 6.45) is 5.29. The molecule has 3 rings (SSSR count). The predicted octanol–water partition coefficient (Wildman–Crippen LogP) is 4.78. The molecule has 8 nitrogen and oxygen atoms in total. The third-order valence-corrected chi connectivity index (χ3v) is 6.31. The van der Waals surface area contributed by atoms with Gasteiger partial charge in [0.25, 0.3) is 0 Å². The zero-order chi connectivity index (χ0) is 23.3. The van der Waals surface area contributed by atoms with Gasteiger partial charge in [-0.3, -0.25) is 14.7 Å². The van der Waals surface area contributed by atoms with Crippen molar-refractivity contribution in [3.05, 3.63) is 67.9 Å². The number of benzene rings is 2. The first-order valence-electron chi connectivity index (χ1n) is 9.55. The van der Waals surface area contributed by atoms with Gasteiger partial charge in [-0.2, -0.15) is 0 Å². The topological polar surface area (TPSA) is 92.3 Å². The molecule has 0 saturated heterocycles. The molecule has 166 valence electrons. The molecule has 0 saturated carbocycles. The lowest BCUT2D eigenvalue weighted by Gasteiger charge is -2.18. The van der Waals surface area contributed by atoms with Crippen LogP contribution < -0.4 is 9.47 Å². The second-order valence-corrected chi connectivity index (χ2v) is 8.88. The Bertz CT molecular complexity index is 1180. The van der Waals surface area contributed by atoms with Gasteiger partial charge in [0.2, 0.25) is 6.54 Å². The minimum Gasteiger partial charge on any atom is -0.493 e. The molecule has 0 radical (unpaired) electrons. The van der Waals surface area contributed by atoms with Crippen LogP contribution in [-0.2, 0) is 0 Å². The van der Waals surface area contributed by atoms with Crippen LogP contribution in [0, 0.1) is 36.3 Å². The van der Waals surface area contributed by atoms with E-state index in [0.717, 1.165) is 11.3 Å². The highest BCUT2D eigenvalue weighted by Gasteiger charge is 2.26. The lowest BCUT2D eigenvalue weighted by Crippen LogP contribution is -2.12. The summed E-state index contributed by atoms with van der Waals surface area (Å²) in [5.41, 5.74) is 2.66. The van der Waals surface area contributed by atoms with Crippen LogP contribution in [0.25, 0.3) is 5.69 Å². The van der Waals surface area contributed by atoms with Crippen molar-refractivity contribution < 1.29 is 14.4 Å². The molecule has 32 heavy (non-hydrogen) atoms. The van der Waals surface area contributed by atoms with Crippen molar-refractivity contribution in [2.24, 2.45) is 0 Å². The molecule has 0 aliphatic heterocycles. The van der Waals surface area contributed by atoms with E-state index in [2.05, 4.69) is 32.0 Å². The van der Waals surface area contributed by atoms with Gasteiger partial charge in [-0.25, -0.2) is 0 Å². The summed E-state index contributed by atoms with van der Waals surface area (Å²) in [5.74, 6) is 3.97. The van der Waals surface area contributed by atoms with E-state index in [1.165, 1.54) is 18.9 Å². The summed E-state index contributed by atoms with van der Waals surface area (Å²) < 4.78 is 13.5. The SMILES string of the molecule is C#CCOc1c(Br)cc([C@H](C[N+](=O)[O-])Sc2nnc(C)n2-c2cccc(C)c2)cc1OC. The van der Waals surface area contributed by atoms with Crippen LogP contribution >= 0.6 is 27.7 Å². The summed E-state index contributed by atoms with van der Waals surface area (Å²) in [6.45, 7) is 3.60. The first kappa shape index (κ1) is 23.6. The fourth-order valence-electron chi connectivity index (χ4n) is 3.14. The van der Waals surface area contributed by atoms with Gasteiger partial charge in [0.05, 0.1) is 11.6 Å². The molecular weight excluding hydrogens is 496 g/mol.